The molecule has 1 aliphatic heterocycles. The largest absolute Gasteiger partial charge is 0.444 e. The monoisotopic (exact) mass is 310 g/mol. The third-order valence-corrected chi connectivity index (χ3v) is 3.58. The highest BCUT2D eigenvalue weighted by atomic mass is 35.5. The molecule has 0 unspecified atom stereocenters. The first-order valence-corrected chi connectivity index (χ1v) is 7.71. The second-order valence-electron chi connectivity index (χ2n) is 6.40. The van der Waals surface area contributed by atoms with E-state index in [1.807, 2.05) is 45.0 Å². The number of amides is 1. The van der Waals surface area contributed by atoms with E-state index in [-0.39, 0.29) is 6.09 Å². The van der Waals surface area contributed by atoms with Gasteiger partial charge in [0, 0.05) is 29.8 Å². The van der Waals surface area contributed by atoms with Gasteiger partial charge in [0.2, 0.25) is 0 Å². The minimum atomic E-state index is -0.438. The first kappa shape index (κ1) is 16.0. The molecule has 0 aliphatic carbocycles. The number of anilines is 1. The van der Waals surface area contributed by atoms with Gasteiger partial charge in [-0.3, -0.25) is 0 Å². The van der Waals surface area contributed by atoms with Gasteiger partial charge in [-0.05, 0) is 51.8 Å². The van der Waals surface area contributed by atoms with Crippen molar-refractivity contribution in [2.75, 3.05) is 18.4 Å². The average molecular weight is 311 g/mol. The number of halogens is 1. The number of likely N-dealkylation sites (tertiary alicyclic amines) is 1. The van der Waals surface area contributed by atoms with Gasteiger partial charge in [0.1, 0.15) is 5.60 Å². The van der Waals surface area contributed by atoms with E-state index in [1.165, 1.54) is 0 Å². The fraction of sp³-hybridized carbons (Fsp3) is 0.562. The lowest BCUT2D eigenvalue weighted by molar-refractivity contribution is 0.0210. The van der Waals surface area contributed by atoms with Crippen molar-refractivity contribution in [3.05, 3.63) is 29.3 Å². The van der Waals surface area contributed by atoms with Crippen molar-refractivity contribution >= 4 is 23.4 Å². The molecule has 1 heterocycles. The lowest BCUT2D eigenvalue weighted by Gasteiger charge is -2.34. The summed E-state index contributed by atoms with van der Waals surface area (Å²) >= 11 is 5.98. The zero-order valence-corrected chi connectivity index (χ0v) is 13.6. The Labute approximate surface area is 131 Å². The molecule has 1 fully saturated rings. The first-order chi connectivity index (χ1) is 9.83. The number of rotatable bonds is 2. The van der Waals surface area contributed by atoms with Crippen molar-refractivity contribution in [3.8, 4) is 0 Å². The van der Waals surface area contributed by atoms with Crippen molar-refractivity contribution in [1.29, 1.82) is 0 Å². The van der Waals surface area contributed by atoms with Crippen LogP contribution in [0.5, 0.6) is 0 Å². The number of nitrogens with zero attached hydrogens (tertiary/aromatic N) is 1. The molecule has 1 amide bonds. The highest BCUT2D eigenvalue weighted by Gasteiger charge is 2.26. The Balaban J connectivity index is 1.82. The number of carbonyl (C=O) groups excluding carboxylic acids is 1. The summed E-state index contributed by atoms with van der Waals surface area (Å²) in [5, 5.41) is 4.19. The van der Waals surface area contributed by atoms with Gasteiger partial charge < -0.3 is 15.0 Å². The van der Waals surface area contributed by atoms with Gasteiger partial charge in [0.05, 0.1) is 0 Å². The van der Waals surface area contributed by atoms with Crippen LogP contribution in [-0.2, 0) is 4.74 Å². The second-order valence-corrected chi connectivity index (χ2v) is 6.83. The molecule has 4 nitrogen and oxygen atoms in total. The van der Waals surface area contributed by atoms with Crippen LogP contribution in [0.1, 0.15) is 33.6 Å². The zero-order valence-electron chi connectivity index (χ0n) is 12.9. The zero-order chi connectivity index (χ0) is 15.5. The van der Waals surface area contributed by atoms with Gasteiger partial charge in [0.15, 0.2) is 0 Å². The van der Waals surface area contributed by atoms with Crippen molar-refractivity contribution < 1.29 is 9.53 Å². The Morgan fingerprint density at radius 3 is 2.57 bits per heavy atom. The van der Waals surface area contributed by atoms with Gasteiger partial charge in [0.25, 0.3) is 0 Å². The molecule has 0 saturated carbocycles. The maximum atomic E-state index is 12.0. The van der Waals surface area contributed by atoms with Crippen molar-refractivity contribution in [3.63, 3.8) is 0 Å². The molecule has 2 rings (SSSR count). The molecular formula is C16H23ClN2O2. The first-order valence-electron chi connectivity index (χ1n) is 7.33. The molecule has 21 heavy (non-hydrogen) atoms. The number of piperidine rings is 1. The van der Waals surface area contributed by atoms with Gasteiger partial charge >= 0.3 is 6.09 Å². The predicted octanol–water partition coefficient (Wildman–Crippen LogP) is 4.15. The van der Waals surface area contributed by atoms with Crippen LogP contribution in [0.4, 0.5) is 10.5 Å². The van der Waals surface area contributed by atoms with E-state index in [9.17, 15) is 4.79 Å². The Kier molecular flexibility index (Phi) is 4.99. The SMILES string of the molecule is CC(C)(C)OC(=O)N1CCC(Nc2cccc(Cl)c2)CC1. The predicted molar refractivity (Wildman–Crippen MR) is 85.9 cm³/mol. The summed E-state index contributed by atoms with van der Waals surface area (Å²) < 4.78 is 5.40. The summed E-state index contributed by atoms with van der Waals surface area (Å²) in [5.74, 6) is 0. The van der Waals surface area contributed by atoms with Crippen LogP contribution in [0.2, 0.25) is 5.02 Å². The molecule has 116 valence electrons. The van der Waals surface area contributed by atoms with E-state index in [0.717, 1.165) is 23.6 Å². The summed E-state index contributed by atoms with van der Waals surface area (Å²) in [6, 6.07) is 8.08. The molecule has 0 atom stereocenters. The fourth-order valence-electron chi connectivity index (χ4n) is 2.35. The van der Waals surface area contributed by atoms with Crippen LogP contribution >= 0.6 is 11.6 Å². The summed E-state index contributed by atoms with van der Waals surface area (Å²) in [7, 11) is 0. The Bertz CT molecular complexity index is 491. The van der Waals surface area contributed by atoms with E-state index >= 15 is 0 Å². The minimum absolute atomic E-state index is 0.219. The summed E-state index contributed by atoms with van der Waals surface area (Å²) in [5.41, 5.74) is 0.589. The smallest absolute Gasteiger partial charge is 0.410 e. The normalized spacial score (nSPS) is 16.7. The lowest BCUT2D eigenvalue weighted by Crippen LogP contribution is -2.44. The molecule has 0 spiro atoms. The third kappa shape index (κ3) is 5.12. The topological polar surface area (TPSA) is 41.6 Å². The Hall–Kier alpha value is -1.42. The Morgan fingerprint density at radius 2 is 2.00 bits per heavy atom. The van der Waals surface area contributed by atoms with Crippen molar-refractivity contribution in [2.24, 2.45) is 0 Å². The standard InChI is InChI=1S/C16H23ClN2O2/c1-16(2,3)21-15(20)19-9-7-13(8-10-19)18-14-6-4-5-12(17)11-14/h4-6,11,13,18H,7-10H2,1-3H3. The van der Waals surface area contributed by atoms with Crippen LogP contribution in [0.3, 0.4) is 0 Å². The highest BCUT2D eigenvalue weighted by Crippen LogP contribution is 2.21. The highest BCUT2D eigenvalue weighted by molar-refractivity contribution is 6.30. The second kappa shape index (κ2) is 6.56. The number of ether oxygens (including phenoxy) is 1. The minimum Gasteiger partial charge on any atom is -0.444 e. The van der Waals surface area contributed by atoms with Crippen LogP contribution in [0, 0.1) is 0 Å². The van der Waals surface area contributed by atoms with Gasteiger partial charge in [-0.1, -0.05) is 17.7 Å². The third-order valence-electron chi connectivity index (χ3n) is 3.34. The molecule has 5 heteroatoms. The summed E-state index contributed by atoms with van der Waals surface area (Å²) in [6.45, 7) is 7.09. The molecule has 1 aromatic rings. The van der Waals surface area contributed by atoms with E-state index in [0.29, 0.717) is 19.1 Å². The Morgan fingerprint density at radius 1 is 1.33 bits per heavy atom. The number of benzene rings is 1. The maximum absolute atomic E-state index is 12.0. The van der Waals surface area contributed by atoms with Gasteiger partial charge in [-0.15, -0.1) is 0 Å². The molecular weight excluding hydrogens is 288 g/mol. The summed E-state index contributed by atoms with van der Waals surface area (Å²) in [6.07, 6.45) is 1.60. The number of nitrogens with one attached hydrogen (secondary N) is 1. The van der Waals surface area contributed by atoms with Crippen LogP contribution in [0.25, 0.3) is 0 Å². The number of hydrogen-bond acceptors (Lipinski definition) is 3. The van der Waals surface area contributed by atoms with E-state index in [1.54, 1.807) is 4.90 Å². The quantitative estimate of drug-likeness (QED) is 0.892. The van der Waals surface area contributed by atoms with E-state index in [4.69, 9.17) is 16.3 Å². The lowest BCUT2D eigenvalue weighted by atomic mass is 10.0. The summed E-state index contributed by atoms with van der Waals surface area (Å²) in [4.78, 5) is 13.8. The van der Waals surface area contributed by atoms with Gasteiger partial charge in [-0.2, -0.15) is 0 Å². The van der Waals surface area contributed by atoms with Crippen LogP contribution in [-0.4, -0.2) is 35.7 Å². The van der Waals surface area contributed by atoms with Crippen LogP contribution in [0.15, 0.2) is 24.3 Å². The maximum Gasteiger partial charge on any atom is 0.410 e. The molecule has 1 aromatic carbocycles. The number of carbonyl (C=O) groups is 1. The molecule has 0 radical (unpaired) electrons. The average Bonchev–Trinajstić information content (AvgIpc) is 2.37. The van der Waals surface area contributed by atoms with Crippen LogP contribution < -0.4 is 5.32 Å². The van der Waals surface area contributed by atoms with Crippen molar-refractivity contribution in [1.82, 2.24) is 4.90 Å². The molecule has 1 saturated heterocycles. The molecule has 1 N–H and O–H groups in total. The van der Waals surface area contributed by atoms with E-state index < -0.39 is 5.60 Å². The molecule has 0 bridgehead atoms. The number of hydrogen-bond donors (Lipinski definition) is 1. The van der Waals surface area contributed by atoms with E-state index in [2.05, 4.69) is 5.32 Å². The van der Waals surface area contributed by atoms with Crippen molar-refractivity contribution in [2.45, 2.75) is 45.3 Å². The molecule has 1 aliphatic rings. The fourth-order valence-corrected chi connectivity index (χ4v) is 2.54. The van der Waals surface area contributed by atoms with Gasteiger partial charge in [-0.25, -0.2) is 4.79 Å². The molecule has 0 aromatic heterocycles.